The molecule has 0 unspecified atom stereocenters. The van der Waals surface area contributed by atoms with E-state index in [-0.39, 0.29) is 5.63 Å². The van der Waals surface area contributed by atoms with Gasteiger partial charge >= 0.3 is 5.63 Å². The van der Waals surface area contributed by atoms with Crippen LogP contribution in [0.5, 0.6) is 0 Å². The Labute approximate surface area is 132 Å². The lowest BCUT2D eigenvalue weighted by molar-refractivity contribution is 0.557. The fourth-order valence-corrected chi connectivity index (χ4v) is 2.84. The van der Waals surface area contributed by atoms with Crippen LogP contribution in [0.4, 0.5) is 5.69 Å². The quantitative estimate of drug-likeness (QED) is 0.729. The van der Waals surface area contributed by atoms with Gasteiger partial charge in [-0.25, -0.2) is 4.79 Å². The lowest BCUT2D eigenvalue weighted by Gasteiger charge is -2.21. The van der Waals surface area contributed by atoms with E-state index in [1.54, 1.807) is 0 Å². The van der Waals surface area contributed by atoms with Gasteiger partial charge in [-0.15, -0.1) is 0 Å². The molecule has 0 bridgehead atoms. The van der Waals surface area contributed by atoms with Crippen molar-refractivity contribution in [3.8, 4) is 0 Å². The fourth-order valence-electron chi connectivity index (χ4n) is 2.84. The molecule has 0 saturated heterocycles. The first kappa shape index (κ1) is 16.3. The first-order valence-corrected chi connectivity index (χ1v) is 8.17. The molecule has 0 saturated carbocycles. The molecule has 0 fully saturated rings. The summed E-state index contributed by atoms with van der Waals surface area (Å²) in [6.07, 6.45) is 5.61. The lowest BCUT2D eigenvalue weighted by Crippen LogP contribution is -2.21. The third-order valence-electron chi connectivity index (χ3n) is 4.04. The zero-order valence-corrected chi connectivity index (χ0v) is 14.0. The van der Waals surface area contributed by atoms with Crippen LogP contribution in [0.3, 0.4) is 0 Å². The summed E-state index contributed by atoms with van der Waals surface area (Å²) in [7, 11) is 0. The van der Waals surface area contributed by atoms with Gasteiger partial charge in [-0.1, -0.05) is 26.0 Å². The first-order chi connectivity index (χ1) is 10.7. The number of nitrogens with zero attached hydrogens (tertiary/aromatic N) is 1. The molecule has 0 amide bonds. The van der Waals surface area contributed by atoms with E-state index in [0.717, 1.165) is 42.6 Å². The predicted molar refractivity (Wildman–Crippen MR) is 94.7 cm³/mol. The summed E-state index contributed by atoms with van der Waals surface area (Å²) in [4.78, 5) is 14.6. The molecule has 0 radical (unpaired) electrons. The molecule has 118 valence electrons. The topological polar surface area (TPSA) is 33.5 Å². The highest BCUT2D eigenvalue weighted by molar-refractivity contribution is 5.86. The Bertz CT molecular complexity index is 724. The maximum Gasteiger partial charge on any atom is 0.343 e. The second-order valence-electron chi connectivity index (χ2n) is 5.30. The molecule has 1 aromatic heterocycles. The molecule has 0 N–H and O–H groups in total. The van der Waals surface area contributed by atoms with Crippen LogP contribution in [0.15, 0.2) is 33.5 Å². The van der Waals surface area contributed by atoms with Gasteiger partial charge in [-0.2, -0.15) is 0 Å². The standard InChI is InChI=1S/C19H25NO2/c1-5-9-10-17-15(6-2)16-12-11-14(20(7-3)8-4)13-18(16)22-19(17)21/h9-13H,5-8H2,1-4H3/b10-9+. The molecule has 1 heterocycles. The Hall–Kier alpha value is -2.03. The molecule has 2 aromatic rings. The molecule has 2 rings (SSSR count). The molecule has 0 aliphatic heterocycles. The number of hydrogen-bond donors (Lipinski definition) is 0. The Balaban J connectivity index is 2.66. The second-order valence-corrected chi connectivity index (χ2v) is 5.30. The molecular formula is C19H25NO2. The molecule has 22 heavy (non-hydrogen) atoms. The van der Waals surface area contributed by atoms with Crippen LogP contribution in [0.25, 0.3) is 17.0 Å². The van der Waals surface area contributed by atoms with Crippen LogP contribution < -0.4 is 10.5 Å². The number of hydrogen-bond acceptors (Lipinski definition) is 3. The number of fused-ring (bicyclic) bond motifs is 1. The summed E-state index contributed by atoms with van der Waals surface area (Å²) in [5.74, 6) is 0. The van der Waals surface area contributed by atoms with Gasteiger partial charge in [0.15, 0.2) is 0 Å². The van der Waals surface area contributed by atoms with Gasteiger partial charge in [0.25, 0.3) is 0 Å². The number of benzene rings is 1. The van der Waals surface area contributed by atoms with E-state index in [1.165, 1.54) is 0 Å². The van der Waals surface area contributed by atoms with Crippen LogP contribution in [0, 0.1) is 0 Å². The van der Waals surface area contributed by atoms with Gasteiger partial charge in [-0.05, 0) is 44.4 Å². The smallest absolute Gasteiger partial charge is 0.343 e. The molecule has 1 aromatic carbocycles. The third-order valence-corrected chi connectivity index (χ3v) is 4.04. The van der Waals surface area contributed by atoms with Crippen LogP contribution in [0.1, 0.15) is 45.2 Å². The largest absolute Gasteiger partial charge is 0.422 e. The zero-order chi connectivity index (χ0) is 16.1. The van der Waals surface area contributed by atoms with E-state index in [0.29, 0.717) is 11.1 Å². The van der Waals surface area contributed by atoms with E-state index < -0.39 is 0 Å². The molecule has 0 aliphatic carbocycles. The van der Waals surface area contributed by atoms with Crippen molar-refractivity contribution in [1.82, 2.24) is 0 Å². The average molecular weight is 299 g/mol. The van der Waals surface area contributed by atoms with Gasteiger partial charge in [0.05, 0.1) is 5.56 Å². The van der Waals surface area contributed by atoms with Crippen molar-refractivity contribution in [1.29, 1.82) is 0 Å². The van der Waals surface area contributed by atoms with E-state index >= 15 is 0 Å². The maximum absolute atomic E-state index is 12.3. The predicted octanol–water partition coefficient (Wildman–Crippen LogP) is 4.62. The highest BCUT2D eigenvalue weighted by Crippen LogP contribution is 2.26. The normalized spacial score (nSPS) is 11.5. The van der Waals surface area contributed by atoms with E-state index in [9.17, 15) is 4.79 Å². The zero-order valence-electron chi connectivity index (χ0n) is 14.0. The van der Waals surface area contributed by atoms with E-state index in [2.05, 4.69) is 44.7 Å². The summed E-state index contributed by atoms with van der Waals surface area (Å²) < 4.78 is 5.58. The number of rotatable bonds is 6. The second kappa shape index (κ2) is 7.30. The Morgan fingerprint density at radius 1 is 1.14 bits per heavy atom. The van der Waals surface area contributed by atoms with Crippen molar-refractivity contribution in [2.45, 2.75) is 40.5 Å². The van der Waals surface area contributed by atoms with Crippen molar-refractivity contribution in [3.05, 3.63) is 45.8 Å². The molecular weight excluding hydrogens is 274 g/mol. The lowest BCUT2D eigenvalue weighted by atomic mass is 10.0. The third kappa shape index (κ3) is 3.08. The average Bonchev–Trinajstić information content (AvgIpc) is 2.53. The van der Waals surface area contributed by atoms with Gasteiger partial charge in [0.1, 0.15) is 5.58 Å². The minimum atomic E-state index is -0.245. The first-order valence-electron chi connectivity index (χ1n) is 8.17. The summed E-state index contributed by atoms with van der Waals surface area (Å²) in [5, 5.41) is 1.04. The fraction of sp³-hybridized carbons (Fsp3) is 0.421. The molecule has 3 heteroatoms. The summed E-state index contributed by atoms with van der Waals surface area (Å²) in [6, 6.07) is 6.17. The van der Waals surface area contributed by atoms with Crippen LogP contribution in [-0.4, -0.2) is 13.1 Å². The van der Waals surface area contributed by atoms with E-state index in [4.69, 9.17) is 4.42 Å². The van der Waals surface area contributed by atoms with E-state index in [1.807, 2.05) is 18.2 Å². The maximum atomic E-state index is 12.3. The number of anilines is 1. The highest BCUT2D eigenvalue weighted by atomic mass is 16.4. The Morgan fingerprint density at radius 3 is 2.45 bits per heavy atom. The molecule has 0 atom stereocenters. The minimum absolute atomic E-state index is 0.245. The van der Waals surface area contributed by atoms with Gasteiger partial charge in [-0.3, -0.25) is 0 Å². The summed E-state index contributed by atoms with van der Waals surface area (Å²) in [5.41, 5.74) is 3.29. The van der Waals surface area contributed by atoms with Crippen molar-refractivity contribution >= 4 is 22.7 Å². The molecule has 0 aliphatic rings. The minimum Gasteiger partial charge on any atom is -0.422 e. The van der Waals surface area contributed by atoms with Gasteiger partial charge < -0.3 is 9.32 Å². The van der Waals surface area contributed by atoms with Crippen LogP contribution in [-0.2, 0) is 6.42 Å². The Morgan fingerprint density at radius 2 is 1.86 bits per heavy atom. The monoisotopic (exact) mass is 299 g/mol. The Kier molecular flexibility index (Phi) is 5.42. The highest BCUT2D eigenvalue weighted by Gasteiger charge is 2.12. The van der Waals surface area contributed by atoms with Gasteiger partial charge in [0.2, 0.25) is 0 Å². The summed E-state index contributed by atoms with van der Waals surface area (Å²) >= 11 is 0. The van der Waals surface area contributed by atoms with Gasteiger partial charge in [0, 0.05) is 30.2 Å². The SMILES string of the molecule is CC/C=C/c1c(CC)c2ccc(N(CC)CC)cc2oc1=O. The van der Waals surface area contributed by atoms with Crippen LogP contribution >= 0.6 is 0 Å². The van der Waals surface area contributed by atoms with Crippen LogP contribution in [0.2, 0.25) is 0 Å². The van der Waals surface area contributed by atoms with Crippen molar-refractivity contribution < 1.29 is 4.42 Å². The van der Waals surface area contributed by atoms with Crippen molar-refractivity contribution in [2.75, 3.05) is 18.0 Å². The summed E-state index contributed by atoms with van der Waals surface area (Å²) in [6.45, 7) is 10.3. The number of aryl methyl sites for hydroxylation is 1. The number of allylic oxidation sites excluding steroid dienone is 1. The van der Waals surface area contributed by atoms with Crippen molar-refractivity contribution in [3.63, 3.8) is 0 Å². The van der Waals surface area contributed by atoms with Crippen molar-refractivity contribution in [2.24, 2.45) is 0 Å². The molecule has 3 nitrogen and oxygen atoms in total. The molecule has 0 spiro atoms.